The van der Waals surface area contributed by atoms with Crippen molar-refractivity contribution in [3.05, 3.63) is 69.3 Å². The van der Waals surface area contributed by atoms with E-state index in [-0.39, 0.29) is 5.69 Å². The highest BCUT2D eigenvalue weighted by Gasteiger charge is 2.13. The standard InChI is InChI=1S/C15H13N3O2/c1-11-2-7-14(15(8-11)18(19)20)17-10-13-5-3-12(9-16)4-6-13/h2-8,17H,10H2,1H3. The molecule has 0 atom stereocenters. The number of hydrogen-bond donors (Lipinski definition) is 1. The smallest absolute Gasteiger partial charge is 0.292 e. The van der Waals surface area contributed by atoms with Crippen LogP contribution >= 0.6 is 0 Å². The summed E-state index contributed by atoms with van der Waals surface area (Å²) in [6, 6.07) is 14.2. The van der Waals surface area contributed by atoms with Gasteiger partial charge in [-0.05, 0) is 36.2 Å². The predicted octanol–water partition coefficient (Wildman–Crippen LogP) is 3.39. The summed E-state index contributed by atoms with van der Waals surface area (Å²) in [5, 5.41) is 22.8. The van der Waals surface area contributed by atoms with Crippen LogP contribution in [-0.2, 0) is 6.54 Å². The van der Waals surface area contributed by atoms with Gasteiger partial charge in [0, 0.05) is 12.6 Å². The molecule has 0 amide bonds. The molecule has 2 rings (SSSR count). The maximum atomic E-state index is 11.0. The third-order valence-electron chi connectivity index (χ3n) is 2.92. The first-order chi connectivity index (χ1) is 9.60. The lowest BCUT2D eigenvalue weighted by Crippen LogP contribution is -2.02. The number of aryl methyl sites for hydroxylation is 1. The SMILES string of the molecule is Cc1ccc(NCc2ccc(C#N)cc2)c([N+](=O)[O-])c1. The second-order valence-electron chi connectivity index (χ2n) is 4.44. The largest absolute Gasteiger partial charge is 0.375 e. The topological polar surface area (TPSA) is 79.0 Å². The number of nitrogens with one attached hydrogen (secondary N) is 1. The summed E-state index contributed by atoms with van der Waals surface area (Å²) in [6.07, 6.45) is 0. The van der Waals surface area contributed by atoms with E-state index in [1.807, 2.05) is 31.2 Å². The van der Waals surface area contributed by atoms with Crippen LogP contribution < -0.4 is 5.32 Å². The number of nitriles is 1. The molecule has 0 heterocycles. The van der Waals surface area contributed by atoms with Crippen molar-refractivity contribution < 1.29 is 4.92 Å². The highest BCUT2D eigenvalue weighted by atomic mass is 16.6. The van der Waals surface area contributed by atoms with E-state index in [0.717, 1.165) is 11.1 Å². The Labute approximate surface area is 116 Å². The third-order valence-corrected chi connectivity index (χ3v) is 2.92. The number of nitrogens with zero attached hydrogens (tertiary/aromatic N) is 2. The van der Waals surface area contributed by atoms with E-state index < -0.39 is 4.92 Å². The first-order valence-corrected chi connectivity index (χ1v) is 6.08. The van der Waals surface area contributed by atoms with Crippen LogP contribution in [0.1, 0.15) is 16.7 Å². The van der Waals surface area contributed by atoms with Gasteiger partial charge in [-0.1, -0.05) is 18.2 Å². The van der Waals surface area contributed by atoms with Crippen LogP contribution in [0.25, 0.3) is 0 Å². The fourth-order valence-corrected chi connectivity index (χ4v) is 1.84. The third kappa shape index (κ3) is 3.12. The molecule has 0 saturated heterocycles. The van der Waals surface area contributed by atoms with Gasteiger partial charge in [-0.25, -0.2) is 0 Å². The van der Waals surface area contributed by atoms with Crippen LogP contribution in [-0.4, -0.2) is 4.92 Å². The Morgan fingerprint density at radius 3 is 2.55 bits per heavy atom. The van der Waals surface area contributed by atoms with E-state index in [1.165, 1.54) is 0 Å². The van der Waals surface area contributed by atoms with Gasteiger partial charge in [0.2, 0.25) is 0 Å². The van der Waals surface area contributed by atoms with Crippen LogP contribution in [0.3, 0.4) is 0 Å². The lowest BCUT2D eigenvalue weighted by molar-refractivity contribution is -0.384. The zero-order chi connectivity index (χ0) is 14.5. The van der Waals surface area contributed by atoms with Crippen molar-refractivity contribution in [1.29, 1.82) is 5.26 Å². The molecule has 0 aliphatic carbocycles. The van der Waals surface area contributed by atoms with Gasteiger partial charge < -0.3 is 5.32 Å². The molecule has 5 heteroatoms. The number of nitro groups is 1. The minimum Gasteiger partial charge on any atom is -0.375 e. The molecule has 0 saturated carbocycles. The fourth-order valence-electron chi connectivity index (χ4n) is 1.84. The Hall–Kier alpha value is -2.87. The summed E-state index contributed by atoms with van der Waals surface area (Å²) in [5.74, 6) is 0. The van der Waals surface area contributed by atoms with E-state index in [9.17, 15) is 10.1 Å². The molecule has 2 aromatic carbocycles. The predicted molar refractivity (Wildman–Crippen MR) is 76.3 cm³/mol. The summed E-state index contributed by atoms with van der Waals surface area (Å²) < 4.78 is 0. The van der Waals surface area contributed by atoms with Gasteiger partial charge in [-0.3, -0.25) is 10.1 Å². The number of rotatable bonds is 4. The zero-order valence-corrected chi connectivity index (χ0v) is 11.0. The zero-order valence-electron chi connectivity index (χ0n) is 11.0. The molecule has 0 radical (unpaired) electrons. The number of hydrogen-bond acceptors (Lipinski definition) is 4. The summed E-state index contributed by atoms with van der Waals surface area (Å²) in [6.45, 7) is 2.28. The Balaban J connectivity index is 2.14. The van der Waals surface area contributed by atoms with E-state index in [0.29, 0.717) is 17.8 Å². The Bertz CT molecular complexity index is 673. The molecule has 20 heavy (non-hydrogen) atoms. The highest BCUT2D eigenvalue weighted by Crippen LogP contribution is 2.25. The molecule has 0 bridgehead atoms. The first kappa shape index (κ1) is 13.6. The van der Waals surface area contributed by atoms with E-state index >= 15 is 0 Å². The quantitative estimate of drug-likeness (QED) is 0.680. The van der Waals surface area contributed by atoms with Gasteiger partial charge in [0.15, 0.2) is 0 Å². The monoisotopic (exact) mass is 267 g/mol. The summed E-state index contributed by atoms with van der Waals surface area (Å²) in [5.41, 5.74) is 2.96. The molecule has 0 aromatic heterocycles. The molecule has 2 aromatic rings. The minimum atomic E-state index is -0.395. The first-order valence-electron chi connectivity index (χ1n) is 6.08. The van der Waals surface area contributed by atoms with Crippen LogP contribution in [0.5, 0.6) is 0 Å². The second-order valence-corrected chi connectivity index (χ2v) is 4.44. The Kier molecular flexibility index (Phi) is 3.96. The number of benzene rings is 2. The van der Waals surface area contributed by atoms with E-state index in [4.69, 9.17) is 5.26 Å². The lowest BCUT2D eigenvalue weighted by atomic mass is 10.1. The van der Waals surface area contributed by atoms with Crippen molar-refractivity contribution >= 4 is 11.4 Å². The summed E-state index contributed by atoms with van der Waals surface area (Å²) in [7, 11) is 0. The van der Waals surface area contributed by atoms with Crippen LogP contribution in [0.2, 0.25) is 0 Å². The van der Waals surface area contributed by atoms with Gasteiger partial charge in [-0.2, -0.15) is 5.26 Å². The van der Waals surface area contributed by atoms with Gasteiger partial charge in [0.25, 0.3) is 5.69 Å². The van der Waals surface area contributed by atoms with Crippen molar-refractivity contribution in [1.82, 2.24) is 0 Å². The van der Waals surface area contributed by atoms with Crippen molar-refractivity contribution in [2.24, 2.45) is 0 Å². The van der Waals surface area contributed by atoms with Crippen LogP contribution in [0.4, 0.5) is 11.4 Å². The molecule has 0 spiro atoms. The maximum absolute atomic E-state index is 11.0. The molecule has 1 N–H and O–H groups in total. The van der Waals surface area contributed by atoms with E-state index in [1.54, 1.807) is 24.3 Å². The van der Waals surface area contributed by atoms with Crippen molar-refractivity contribution in [3.63, 3.8) is 0 Å². The Morgan fingerprint density at radius 1 is 1.25 bits per heavy atom. The summed E-state index contributed by atoms with van der Waals surface area (Å²) >= 11 is 0. The fraction of sp³-hybridized carbons (Fsp3) is 0.133. The van der Waals surface area contributed by atoms with Gasteiger partial charge in [0.05, 0.1) is 16.6 Å². The van der Waals surface area contributed by atoms with Gasteiger partial charge in [0.1, 0.15) is 5.69 Å². The molecule has 0 aliphatic rings. The van der Waals surface area contributed by atoms with Crippen molar-refractivity contribution in [2.75, 3.05) is 5.32 Å². The second kappa shape index (κ2) is 5.85. The normalized spacial score (nSPS) is 9.80. The molecule has 100 valence electrons. The molecule has 0 aliphatic heterocycles. The van der Waals surface area contributed by atoms with Gasteiger partial charge in [-0.15, -0.1) is 0 Å². The average molecular weight is 267 g/mol. The summed E-state index contributed by atoms with van der Waals surface area (Å²) in [4.78, 5) is 10.6. The molecule has 0 fully saturated rings. The van der Waals surface area contributed by atoms with E-state index in [2.05, 4.69) is 5.32 Å². The van der Waals surface area contributed by atoms with Crippen molar-refractivity contribution in [2.45, 2.75) is 13.5 Å². The lowest BCUT2D eigenvalue weighted by Gasteiger charge is -2.08. The van der Waals surface area contributed by atoms with Crippen LogP contribution in [0, 0.1) is 28.4 Å². The Morgan fingerprint density at radius 2 is 1.95 bits per heavy atom. The molecule has 5 nitrogen and oxygen atoms in total. The van der Waals surface area contributed by atoms with Gasteiger partial charge >= 0.3 is 0 Å². The van der Waals surface area contributed by atoms with Crippen LogP contribution in [0.15, 0.2) is 42.5 Å². The average Bonchev–Trinajstić information content (AvgIpc) is 2.46. The molecular formula is C15H13N3O2. The maximum Gasteiger partial charge on any atom is 0.292 e. The molecule has 0 unspecified atom stereocenters. The van der Waals surface area contributed by atoms with Crippen molar-refractivity contribution in [3.8, 4) is 6.07 Å². The number of anilines is 1. The molecular weight excluding hydrogens is 254 g/mol. The highest BCUT2D eigenvalue weighted by molar-refractivity contribution is 5.62. The minimum absolute atomic E-state index is 0.0682. The number of nitro benzene ring substituents is 1.